The first-order valence-corrected chi connectivity index (χ1v) is 12.8. The maximum absolute atomic E-state index is 15.0. The first-order valence-electron chi connectivity index (χ1n) is 11.2. The van der Waals surface area contributed by atoms with Crippen molar-refractivity contribution in [3.05, 3.63) is 74.6 Å². The minimum atomic E-state index is -0.839. The van der Waals surface area contributed by atoms with Crippen molar-refractivity contribution in [1.29, 1.82) is 0 Å². The van der Waals surface area contributed by atoms with Gasteiger partial charge >= 0.3 is 0 Å². The number of amides is 1. The van der Waals surface area contributed by atoms with Crippen molar-refractivity contribution >= 4 is 52.2 Å². The Bertz CT molecular complexity index is 1540. The number of ether oxygens (including phenoxy) is 1. The molecule has 1 amide bonds. The molecule has 0 bridgehead atoms. The second-order valence-corrected chi connectivity index (χ2v) is 10.6. The number of hydrogen-bond donors (Lipinski definition) is 2. The number of hydrogen-bond acceptors (Lipinski definition) is 8. The molecule has 2 N–H and O–H groups in total. The Morgan fingerprint density at radius 1 is 1.32 bits per heavy atom. The van der Waals surface area contributed by atoms with Gasteiger partial charge < -0.3 is 20.1 Å². The number of nitrogens with zero attached hydrogens (tertiary/aromatic N) is 5. The van der Waals surface area contributed by atoms with Crippen LogP contribution in [-0.4, -0.2) is 55.5 Å². The van der Waals surface area contributed by atoms with Crippen LogP contribution in [-0.2, 0) is 17.3 Å². The summed E-state index contributed by atoms with van der Waals surface area (Å²) in [7, 11) is 1.74. The topological polar surface area (TPSA) is 105 Å². The lowest BCUT2D eigenvalue weighted by Crippen LogP contribution is -2.58. The Kier molecular flexibility index (Phi) is 5.92. The van der Waals surface area contributed by atoms with Crippen molar-refractivity contribution in [2.24, 2.45) is 7.05 Å². The molecule has 3 aromatic heterocycles. The van der Waals surface area contributed by atoms with Gasteiger partial charge in [0, 0.05) is 18.1 Å². The molecule has 2 aliphatic heterocycles. The van der Waals surface area contributed by atoms with Crippen LogP contribution in [0.15, 0.2) is 42.7 Å². The lowest BCUT2D eigenvalue weighted by atomic mass is 9.92. The Morgan fingerprint density at radius 3 is 2.78 bits per heavy atom. The fraction of sp³-hybridized carbons (Fsp3) is 0.250. The molecule has 1 aromatic carbocycles. The highest BCUT2D eigenvalue weighted by Crippen LogP contribution is 2.56. The molecule has 1 fully saturated rings. The van der Waals surface area contributed by atoms with Gasteiger partial charge in [-0.05, 0) is 17.7 Å². The Balaban J connectivity index is 1.42. The number of fused-ring (bicyclic) bond motifs is 2. The Hall–Kier alpha value is -3.09. The first-order chi connectivity index (χ1) is 17.8. The quantitative estimate of drug-likeness (QED) is 0.356. The van der Waals surface area contributed by atoms with Crippen LogP contribution in [0, 0.1) is 5.82 Å². The monoisotopic (exact) mass is 560 g/mol. The third kappa shape index (κ3) is 3.72. The van der Waals surface area contributed by atoms with E-state index < -0.39 is 17.4 Å². The van der Waals surface area contributed by atoms with E-state index in [4.69, 9.17) is 27.9 Å². The van der Waals surface area contributed by atoms with Gasteiger partial charge in [0.2, 0.25) is 5.95 Å². The van der Waals surface area contributed by atoms with Gasteiger partial charge in [0.05, 0.1) is 58.6 Å². The van der Waals surface area contributed by atoms with E-state index in [1.165, 1.54) is 11.3 Å². The summed E-state index contributed by atoms with van der Waals surface area (Å²) in [6.07, 6.45) is 2.66. The van der Waals surface area contributed by atoms with E-state index >= 15 is 0 Å². The van der Waals surface area contributed by atoms with Crippen LogP contribution >= 0.6 is 34.5 Å². The number of carbonyl (C=O) groups excluding carboxylic acids is 1. The van der Waals surface area contributed by atoms with E-state index in [0.29, 0.717) is 26.2 Å². The molecule has 1 saturated heterocycles. The van der Waals surface area contributed by atoms with E-state index in [0.717, 1.165) is 6.20 Å². The van der Waals surface area contributed by atoms with Gasteiger partial charge in [-0.25, -0.2) is 14.4 Å². The maximum atomic E-state index is 15.0. The van der Waals surface area contributed by atoms with Gasteiger partial charge in [-0.2, -0.15) is 5.10 Å². The predicted octanol–water partition coefficient (Wildman–Crippen LogP) is 4.54. The molecule has 0 aliphatic carbocycles. The molecule has 6 rings (SSSR count). The number of thiophene rings is 1. The molecule has 2 aliphatic rings. The second-order valence-electron chi connectivity index (χ2n) is 8.76. The number of nitrogens with one attached hydrogen (secondary N) is 1. The summed E-state index contributed by atoms with van der Waals surface area (Å²) >= 11 is 14.1. The van der Waals surface area contributed by atoms with Crippen LogP contribution in [0.25, 0.3) is 10.6 Å². The molecule has 1 spiro atoms. The molecule has 5 heterocycles. The van der Waals surface area contributed by atoms with Crippen LogP contribution in [0.4, 0.5) is 16.2 Å². The zero-order chi connectivity index (χ0) is 25.9. The summed E-state index contributed by atoms with van der Waals surface area (Å²) in [6, 6.07) is 8.07. The number of aliphatic hydroxyl groups is 1. The van der Waals surface area contributed by atoms with Gasteiger partial charge in [-0.3, -0.25) is 9.48 Å². The van der Waals surface area contributed by atoms with E-state index in [9.17, 15) is 14.3 Å². The van der Waals surface area contributed by atoms with Crippen molar-refractivity contribution in [1.82, 2.24) is 24.6 Å². The van der Waals surface area contributed by atoms with Crippen LogP contribution in [0.3, 0.4) is 0 Å². The van der Waals surface area contributed by atoms with E-state index in [2.05, 4.69) is 20.4 Å². The van der Waals surface area contributed by atoms with E-state index in [1.807, 2.05) is 0 Å². The van der Waals surface area contributed by atoms with Gasteiger partial charge in [0.15, 0.2) is 5.82 Å². The summed E-state index contributed by atoms with van der Waals surface area (Å²) in [4.78, 5) is 24.8. The van der Waals surface area contributed by atoms with Gasteiger partial charge in [0.1, 0.15) is 17.1 Å². The molecule has 4 aromatic rings. The number of benzene rings is 1. The van der Waals surface area contributed by atoms with Gasteiger partial charge in [-0.1, -0.05) is 35.3 Å². The summed E-state index contributed by atoms with van der Waals surface area (Å²) in [5.74, 6) is -0.273. The van der Waals surface area contributed by atoms with Crippen LogP contribution < -0.4 is 5.32 Å². The highest BCUT2D eigenvalue weighted by Gasteiger charge is 2.59. The maximum Gasteiger partial charge on any atom is 0.258 e. The third-order valence-electron chi connectivity index (χ3n) is 6.59. The molecule has 1 atom stereocenters. The minimum absolute atomic E-state index is 0.0210. The number of halogens is 3. The van der Waals surface area contributed by atoms with E-state index in [1.54, 1.807) is 53.2 Å². The molecular weight excluding hydrogens is 542 g/mol. The van der Waals surface area contributed by atoms with Crippen LogP contribution in [0.5, 0.6) is 0 Å². The fourth-order valence-corrected chi connectivity index (χ4v) is 6.73. The number of aryl methyl sites for hydroxylation is 1. The molecule has 9 nitrogen and oxygen atoms in total. The Labute approximate surface area is 224 Å². The minimum Gasteiger partial charge on any atom is -0.394 e. The number of carbonyl (C=O) groups is 1. The number of anilines is 2. The molecule has 0 saturated carbocycles. The number of rotatable bonds is 6. The lowest BCUT2D eigenvalue weighted by molar-refractivity contribution is -0.139. The predicted molar refractivity (Wildman–Crippen MR) is 137 cm³/mol. The van der Waals surface area contributed by atoms with Crippen molar-refractivity contribution in [2.75, 3.05) is 25.1 Å². The zero-order valence-electron chi connectivity index (χ0n) is 19.3. The second kappa shape index (κ2) is 9.03. The molecular formula is C24H19Cl2FN6O3S. The average Bonchev–Trinajstić information content (AvgIpc) is 3.49. The standard InChI is InChI=1S/C24H19Cl2FN6O3S/c1-32-16(5-6-29-32)30-23-28-8-14(27)19(31-23)20-18(26)17-21(37-20)24(10-36-11-24)33(22(17)35)15(9-34)12-3-2-4-13(25)7-12/h2-8,15,34H,9-11H2,1H3,(H,28,30,31)/t15-/m1/s1. The molecule has 0 radical (unpaired) electrons. The SMILES string of the molecule is Cn1nccc1Nc1ncc(F)c(-c2sc3c(c2Cl)C(=O)N([C@H](CO)c2cccc(Cl)c2)C32COC2)n1. The molecule has 37 heavy (non-hydrogen) atoms. The first kappa shape index (κ1) is 24.3. The smallest absolute Gasteiger partial charge is 0.258 e. The third-order valence-corrected chi connectivity index (χ3v) is 8.70. The average molecular weight is 561 g/mol. The van der Waals surface area contributed by atoms with Crippen molar-refractivity contribution < 1.29 is 19.0 Å². The summed E-state index contributed by atoms with van der Waals surface area (Å²) < 4.78 is 22.1. The van der Waals surface area contributed by atoms with Crippen molar-refractivity contribution in [3.8, 4) is 10.6 Å². The number of aliphatic hydroxyl groups excluding tert-OH is 1. The van der Waals surface area contributed by atoms with Crippen LogP contribution in [0.2, 0.25) is 10.0 Å². The highest BCUT2D eigenvalue weighted by atomic mass is 35.5. The summed E-state index contributed by atoms with van der Waals surface area (Å²) in [5.41, 5.74) is 0.0966. The molecule has 0 unspecified atom stereocenters. The highest BCUT2D eigenvalue weighted by molar-refractivity contribution is 7.17. The molecule has 190 valence electrons. The fourth-order valence-electron chi connectivity index (χ4n) is 4.76. The zero-order valence-corrected chi connectivity index (χ0v) is 21.6. The Morgan fingerprint density at radius 2 is 2.14 bits per heavy atom. The normalized spacial score (nSPS) is 16.7. The molecule has 13 heteroatoms. The number of aromatic nitrogens is 4. The van der Waals surface area contributed by atoms with E-state index in [-0.39, 0.29) is 48.0 Å². The van der Waals surface area contributed by atoms with Gasteiger partial charge in [0.25, 0.3) is 5.91 Å². The van der Waals surface area contributed by atoms with Gasteiger partial charge in [-0.15, -0.1) is 11.3 Å². The van der Waals surface area contributed by atoms with Crippen LogP contribution in [0.1, 0.15) is 26.8 Å². The van der Waals surface area contributed by atoms with Crippen molar-refractivity contribution in [3.63, 3.8) is 0 Å². The van der Waals surface area contributed by atoms with Crippen molar-refractivity contribution in [2.45, 2.75) is 11.6 Å². The summed E-state index contributed by atoms with van der Waals surface area (Å²) in [5, 5.41) is 18.0. The summed E-state index contributed by atoms with van der Waals surface area (Å²) in [6.45, 7) is 0.119. The lowest BCUT2D eigenvalue weighted by Gasteiger charge is -2.48. The largest absolute Gasteiger partial charge is 0.394 e.